The first-order valence-electron chi connectivity index (χ1n) is 6.74. The Morgan fingerprint density at radius 2 is 1.71 bits per heavy atom. The molecule has 0 heterocycles. The van der Waals surface area contributed by atoms with E-state index in [4.69, 9.17) is 0 Å². The Bertz CT molecular complexity index is 772. The summed E-state index contributed by atoms with van der Waals surface area (Å²) in [6.07, 6.45) is -4.71. The Morgan fingerprint density at radius 1 is 1.04 bits per heavy atom. The molecule has 0 atom stereocenters. The van der Waals surface area contributed by atoms with Crippen molar-refractivity contribution in [1.29, 1.82) is 0 Å². The van der Waals surface area contributed by atoms with Crippen LogP contribution < -0.4 is 10.2 Å². The molecule has 3 nitrogen and oxygen atoms in total. The number of carbonyl (C=O) groups excluding carboxylic acids is 1. The van der Waals surface area contributed by atoms with Crippen molar-refractivity contribution in [2.24, 2.45) is 0 Å². The second kappa shape index (κ2) is 6.46. The molecule has 2 rings (SSSR count). The lowest BCUT2D eigenvalue weighted by Crippen LogP contribution is -2.19. The topological polar surface area (TPSA) is 32.3 Å². The summed E-state index contributed by atoms with van der Waals surface area (Å²) in [4.78, 5) is 13.5. The van der Waals surface area contributed by atoms with Crippen molar-refractivity contribution in [3.8, 4) is 0 Å². The predicted molar refractivity (Wildman–Crippen MR) is 80.1 cm³/mol. The lowest BCUT2D eigenvalue weighted by Gasteiger charge is -2.18. The van der Waals surface area contributed by atoms with Crippen molar-refractivity contribution in [3.05, 3.63) is 59.2 Å². The van der Waals surface area contributed by atoms with E-state index in [1.807, 2.05) is 5.32 Å². The minimum Gasteiger partial charge on any atom is -0.378 e. The number of rotatable bonds is 3. The molecule has 0 aliphatic carbocycles. The molecule has 0 saturated carbocycles. The Hall–Kier alpha value is -2.64. The fourth-order valence-electron chi connectivity index (χ4n) is 2.02. The monoisotopic (exact) mass is 344 g/mol. The van der Waals surface area contributed by atoms with E-state index < -0.39 is 40.5 Å². The van der Waals surface area contributed by atoms with Gasteiger partial charge < -0.3 is 10.2 Å². The molecular formula is C16H13F5N2O. The zero-order chi connectivity index (χ0) is 18.1. The standard InChI is InChI=1S/C16H13F5N2O/c1-23(2)10-4-6-14(12(8-10)16(19,20)21)22-15(24)11-5-3-9(17)7-13(11)18/h3-8H,1-2H3,(H,22,24). The zero-order valence-corrected chi connectivity index (χ0v) is 12.7. The minimum atomic E-state index is -4.71. The summed E-state index contributed by atoms with van der Waals surface area (Å²) in [5, 5.41) is 2.02. The van der Waals surface area contributed by atoms with Gasteiger partial charge in [0.15, 0.2) is 0 Å². The van der Waals surface area contributed by atoms with Crippen molar-refractivity contribution in [1.82, 2.24) is 0 Å². The van der Waals surface area contributed by atoms with Gasteiger partial charge in [-0.3, -0.25) is 4.79 Å². The lowest BCUT2D eigenvalue weighted by molar-refractivity contribution is -0.136. The van der Waals surface area contributed by atoms with Gasteiger partial charge in [-0.25, -0.2) is 8.78 Å². The van der Waals surface area contributed by atoms with Crippen LogP contribution in [0.15, 0.2) is 36.4 Å². The molecule has 2 aromatic rings. The Labute approximate surface area is 134 Å². The van der Waals surface area contributed by atoms with E-state index in [9.17, 15) is 26.7 Å². The molecule has 1 N–H and O–H groups in total. The molecule has 128 valence electrons. The molecule has 0 spiro atoms. The molecule has 0 radical (unpaired) electrons. The Balaban J connectivity index is 2.40. The number of anilines is 2. The average Bonchev–Trinajstić information content (AvgIpc) is 2.45. The zero-order valence-electron chi connectivity index (χ0n) is 12.7. The molecular weight excluding hydrogens is 331 g/mol. The maximum atomic E-state index is 13.6. The van der Waals surface area contributed by atoms with Gasteiger partial charge in [0.1, 0.15) is 11.6 Å². The van der Waals surface area contributed by atoms with Crippen LogP contribution in [0, 0.1) is 11.6 Å². The fourth-order valence-corrected chi connectivity index (χ4v) is 2.02. The van der Waals surface area contributed by atoms with Crippen molar-refractivity contribution in [3.63, 3.8) is 0 Å². The van der Waals surface area contributed by atoms with Crippen molar-refractivity contribution >= 4 is 17.3 Å². The molecule has 0 aliphatic heterocycles. The smallest absolute Gasteiger partial charge is 0.378 e. The van der Waals surface area contributed by atoms with E-state index in [0.29, 0.717) is 6.07 Å². The number of hydrogen-bond acceptors (Lipinski definition) is 2. The SMILES string of the molecule is CN(C)c1ccc(NC(=O)c2ccc(F)cc2F)c(C(F)(F)F)c1. The quantitative estimate of drug-likeness (QED) is 0.842. The van der Waals surface area contributed by atoms with Gasteiger partial charge in [-0.05, 0) is 30.3 Å². The van der Waals surface area contributed by atoms with Gasteiger partial charge in [0.05, 0.1) is 16.8 Å². The molecule has 1 amide bonds. The number of amides is 1. The molecule has 0 unspecified atom stereocenters. The first kappa shape index (κ1) is 17.7. The number of carbonyl (C=O) groups is 1. The maximum absolute atomic E-state index is 13.6. The highest BCUT2D eigenvalue weighted by Gasteiger charge is 2.34. The van der Waals surface area contributed by atoms with E-state index in [-0.39, 0.29) is 5.69 Å². The van der Waals surface area contributed by atoms with Crippen LogP contribution in [0.4, 0.5) is 33.3 Å². The second-order valence-corrected chi connectivity index (χ2v) is 5.20. The third-order valence-electron chi connectivity index (χ3n) is 3.25. The molecule has 0 bridgehead atoms. The summed E-state index contributed by atoms with van der Waals surface area (Å²) < 4.78 is 66.0. The van der Waals surface area contributed by atoms with E-state index in [1.165, 1.54) is 11.0 Å². The summed E-state index contributed by atoms with van der Waals surface area (Å²) in [5.74, 6) is -3.16. The molecule has 0 fully saturated rings. The summed E-state index contributed by atoms with van der Waals surface area (Å²) in [7, 11) is 3.14. The Morgan fingerprint density at radius 3 is 2.25 bits per heavy atom. The van der Waals surface area contributed by atoms with Crippen LogP contribution in [-0.2, 0) is 6.18 Å². The molecule has 2 aromatic carbocycles. The van der Waals surface area contributed by atoms with Gasteiger partial charge in [0.2, 0.25) is 0 Å². The summed E-state index contributed by atoms with van der Waals surface area (Å²) in [6.45, 7) is 0. The fraction of sp³-hybridized carbons (Fsp3) is 0.188. The highest BCUT2D eigenvalue weighted by atomic mass is 19.4. The van der Waals surface area contributed by atoms with E-state index >= 15 is 0 Å². The van der Waals surface area contributed by atoms with E-state index in [2.05, 4.69) is 0 Å². The number of alkyl halides is 3. The van der Waals surface area contributed by atoms with Crippen LogP contribution in [0.1, 0.15) is 15.9 Å². The van der Waals surface area contributed by atoms with E-state index in [0.717, 1.165) is 24.3 Å². The van der Waals surface area contributed by atoms with Gasteiger partial charge in [-0.15, -0.1) is 0 Å². The first-order valence-corrected chi connectivity index (χ1v) is 6.74. The molecule has 0 aromatic heterocycles. The molecule has 24 heavy (non-hydrogen) atoms. The molecule has 0 saturated heterocycles. The third kappa shape index (κ3) is 3.81. The van der Waals surface area contributed by atoms with Crippen LogP contribution in [-0.4, -0.2) is 20.0 Å². The number of nitrogens with one attached hydrogen (secondary N) is 1. The van der Waals surface area contributed by atoms with Crippen molar-refractivity contribution in [2.45, 2.75) is 6.18 Å². The maximum Gasteiger partial charge on any atom is 0.418 e. The third-order valence-corrected chi connectivity index (χ3v) is 3.25. The number of hydrogen-bond donors (Lipinski definition) is 1. The average molecular weight is 344 g/mol. The lowest BCUT2D eigenvalue weighted by atomic mass is 10.1. The van der Waals surface area contributed by atoms with Gasteiger partial charge in [0, 0.05) is 25.8 Å². The van der Waals surface area contributed by atoms with Gasteiger partial charge >= 0.3 is 6.18 Å². The van der Waals surface area contributed by atoms with Crippen LogP contribution in [0.2, 0.25) is 0 Å². The highest BCUT2D eigenvalue weighted by molar-refractivity contribution is 6.05. The van der Waals surface area contributed by atoms with E-state index in [1.54, 1.807) is 14.1 Å². The first-order chi connectivity index (χ1) is 11.1. The number of halogens is 5. The Kier molecular flexibility index (Phi) is 4.77. The second-order valence-electron chi connectivity index (χ2n) is 5.20. The molecule has 0 aliphatic rings. The van der Waals surface area contributed by atoms with Gasteiger partial charge in [0.25, 0.3) is 5.91 Å². The highest BCUT2D eigenvalue weighted by Crippen LogP contribution is 2.37. The minimum absolute atomic E-state index is 0.285. The van der Waals surface area contributed by atoms with Crippen LogP contribution >= 0.6 is 0 Å². The number of benzene rings is 2. The van der Waals surface area contributed by atoms with Crippen LogP contribution in [0.5, 0.6) is 0 Å². The van der Waals surface area contributed by atoms with Crippen molar-refractivity contribution in [2.75, 3.05) is 24.3 Å². The summed E-state index contributed by atoms with van der Waals surface area (Å²) >= 11 is 0. The summed E-state index contributed by atoms with van der Waals surface area (Å²) in [5.41, 5.74) is -1.85. The normalized spacial score (nSPS) is 11.3. The largest absolute Gasteiger partial charge is 0.418 e. The summed E-state index contributed by atoms with van der Waals surface area (Å²) in [6, 6.07) is 5.52. The van der Waals surface area contributed by atoms with Crippen molar-refractivity contribution < 1.29 is 26.7 Å². The predicted octanol–water partition coefficient (Wildman–Crippen LogP) is 4.30. The van der Waals surface area contributed by atoms with Gasteiger partial charge in [-0.1, -0.05) is 0 Å². The van der Waals surface area contributed by atoms with Gasteiger partial charge in [-0.2, -0.15) is 13.2 Å². The molecule has 8 heteroatoms. The number of nitrogens with zero attached hydrogens (tertiary/aromatic N) is 1. The van der Waals surface area contributed by atoms with Crippen LogP contribution in [0.3, 0.4) is 0 Å². The van der Waals surface area contributed by atoms with Crippen LogP contribution in [0.25, 0.3) is 0 Å².